The van der Waals surface area contributed by atoms with Crippen molar-refractivity contribution in [2.24, 2.45) is 0 Å². The molecule has 1 aliphatic heterocycles. The Morgan fingerprint density at radius 2 is 2.06 bits per heavy atom. The summed E-state index contributed by atoms with van der Waals surface area (Å²) in [6.07, 6.45) is 1.08. The van der Waals surface area contributed by atoms with Crippen LogP contribution in [0.5, 0.6) is 0 Å². The van der Waals surface area contributed by atoms with Gasteiger partial charge >= 0.3 is 0 Å². The number of amides is 2. The third-order valence-electron chi connectivity index (χ3n) is 3.03. The van der Waals surface area contributed by atoms with Crippen molar-refractivity contribution in [3.8, 4) is 0 Å². The van der Waals surface area contributed by atoms with Crippen molar-refractivity contribution in [3.63, 3.8) is 0 Å². The molecule has 4 nitrogen and oxygen atoms in total. The van der Waals surface area contributed by atoms with E-state index in [0.717, 1.165) is 0 Å². The molecule has 5 heteroatoms. The number of carbonyl (C=O) groups is 2. The standard InChI is InChI=1S/C11H19ClN2O2/c1-11(2)10(16)13(3)7-8-14(11)9(15)5-4-6-12/h4-8H2,1-3H3. The van der Waals surface area contributed by atoms with Crippen LogP contribution in [0.2, 0.25) is 0 Å². The number of piperazine rings is 1. The lowest BCUT2D eigenvalue weighted by atomic mass is 9.97. The average molecular weight is 247 g/mol. The number of halogens is 1. The molecule has 92 valence electrons. The largest absolute Gasteiger partial charge is 0.342 e. The zero-order valence-corrected chi connectivity index (χ0v) is 10.9. The summed E-state index contributed by atoms with van der Waals surface area (Å²) in [5.41, 5.74) is -0.726. The Kier molecular flexibility index (Phi) is 4.19. The highest BCUT2D eigenvalue weighted by molar-refractivity contribution is 6.17. The van der Waals surface area contributed by atoms with Gasteiger partial charge in [-0.3, -0.25) is 9.59 Å². The van der Waals surface area contributed by atoms with Gasteiger partial charge in [0, 0.05) is 32.4 Å². The van der Waals surface area contributed by atoms with Gasteiger partial charge in [0.05, 0.1) is 0 Å². The van der Waals surface area contributed by atoms with Crippen LogP contribution in [-0.2, 0) is 9.59 Å². The molecular weight excluding hydrogens is 228 g/mol. The van der Waals surface area contributed by atoms with Gasteiger partial charge < -0.3 is 9.80 Å². The number of hydrogen-bond acceptors (Lipinski definition) is 2. The fourth-order valence-corrected chi connectivity index (χ4v) is 2.14. The molecule has 0 aliphatic carbocycles. The summed E-state index contributed by atoms with van der Waals surface area (Å²) in [6.45, 7) is 4.80. The number of likely N-dealkylation sites (N-methyl/N-ethyl adjacent to an activating group) is 1. The lowest BCUT2D eigenvalue weighted by Crippen LogP contribution is -2.63. The summed E-state index contributed by atoms with van der Waals surface area (Å²) in [7, 11) is 1.77. The zero-order chi connectivity index (χ0) is 12.3. The van der Waals surface area contributed by atoms with Crippen molar-refractivity contribution < 1.29 is 9.59 Å². The molecule has 0 aromatic rings. The first-order valence-electron chi connectivity index (χ1n) is 5.53. The van der Waals surface area contributed by atoms with Crippen LogP contribution in [0.3, 0.4) is 0 Å². The average Bonchev–Trinajstić information content (AvgIpc) is 2.23. The van der Waals surface area contributed by atoms with Gasteiger partial charge in [0.2, 0.25) is 11.8 Å². The minimum Gasteiger partial charge on any atom is -0.342 e. The molecule has 0 bridgehead atoms. The van der Waals surface area contributed by atoms with Crippen LogP contribution in [0.1, 0.15) is 26.7 Å². The summed E-state index contributed by atoms with van der Waals surface area (Å²) >= 11 is 5.56. The number of alkyl halides is 1. The van der Waals surface area contributed by atoms with Crippen molar-refractivity contribution in [3.05, 3.63) is 0 Å². The van der Waals surface area contributed by atoms with Crippen LogP contribution in [0.15, 0.2) is 0 Å². The van der Waals surface area contributed by atoms with Gasteiger partial charge in [0.25, 0.3) is 0 Å². The van der Waals surface area contributed by atoms with Crippen molar-refractivity contribution in [1.82, 2.24) is 9.80 Å². The van der Waals surface area contributed by atoms with Crippen LogP contribution in [-0.4, -0.2) is 53.2 Å². The van der Waals surface area contributed by atoms with Gasteiger partial charge in [-0.05, 0) is 20.3 Å². The van der Waals surface area contributed by atoms with E-state index in [2.05, 4.69) is 0 Å². The number of carbonyl (C=O) groups excluding carboxylic acids is 2. The molecule has 0 spiro atoms. The van der Waals surface area contributed by atoms with E-state index in [-0.39, 0.29) is 11.8 Å². The third kappa shape index (κ3) is 2.48. The van der Waals surface area contributed by atoms with Crippen molar-refractivity contribution >= 4 is 23.4 Å². The minimum absolute atomic E-state index is 0.00188. The van der Waals surface area contributed by atoms with Gasteiger partial charge in [-0.1, -0.05) is 0 Å². The van der Waals surface area contributed by atoms with Gasteiger partial charge in [-0.15, -0.1) is 11.6 Å². The molecular formula is C11H19ClN2O2. The van der Waals surface area contributed by atoms with Gasteiger partial charge in [-0.25, -0.2) is 0 Å². The molecule has 0 unspecified atom stereocenters. The molecule has 1 saturated heterocycles. The minimum atomic E-state index is -0.726. The summed E-state index contributed by atoms with van der Waals surface area (Å²) in [6, 6.07) is 0. The van der Waals surface area contributed by atoms with E-state index in [1.54, 1.807) is 30.7 Å². The second kappa shape index (κ2) is 5.04. The van der Waals surface area contributed by atoms with Gasteiger partial charge in [-0.2, -0.15) is 0 Å². The second-order valence-corrected chi connectivity index (χ2v) is 5.00. The molecule has 0 aromatic heterocycles. The molecule has 16 heavy (non-hydrogen) atoms. The maximum absolute atomic E-state index is 11.9. The Hall–Kier alpha value is -0.770. The predicted octanol–water partition coefficient (Wildman–Crippen LogP) is 1.08. The first-order valence-corrected chi connectivity index (χ1v) is 6.06. The lowest BCUT2D eigenvalue weighted by Gasteiger charge is -2.44. The molecule has 0 saturated carbocycles. The van der Waals surface area contributed by atoms with Crippen molar-refractivity contribution in [1.29, 1.82) is 0 Å². The topological polar surface area (TPSA) is 40.6 Å². The van der Waals surface area contributed by atoms with E-state index in [4.69, 9.17) is 11.6 Å². The molecule has 1 fully saturated rings. The summed E-state index contributed by atoms with van der Waals surface area (Å²) in [5.74, 6) is 0.499. The Morgan fingerprint density at radius 3 is 2.62 bits per heavy atom. The van der Waals surface area contributed by atoms with E-state index in [1.807, 2.05) is 0 Å². The maximum atomic E-state index is 11.9. The summed E-state index contributed by atoms with van der Waals surface area (Å²) < 4.78 is 0. The monoisotopic (exact) mass is 246 g/mol. The third-order valence-corrected chi connectivity index (χ3v) is 3.30. The highest BCUT2D eigenvalue weighted by Crippen LogP contribution is 2.22. The predicted molar refractivity (Wildman–Crippen MR) is 63.4 cm³/mol. The Bertz CT molecular complexity index is 292. The lowest BCUT2D eigenvalue weighted by molar-refractivity contribution is -0.157. The quantitative estimate of drug-likeness (QED) is 0.700. The molecule has 1 rings (SSSR count). The van der Waals surface area contributed by atoms with Crippen molar-refractivity contribution in [2.75, 3.05) is 26.0 Å². The van der Waals surface area contributed by atoms with Crippen LogP contribution >= 0.6 is 11.6 Å². The molecule has 1 heterocycles. The first-order chi connectivity index (χ1) is 7.41. The van der Waals surface area contributed by atoms with E-state index < -0.39 is 5.54 Å². The molecule has 2 amide bonds. The molecule has 0 aromatic carbocycles. The second-order valence-electron chi connectivity index (χ2n) is 4.62. The Morgan fingerprint density at radius 1 is 1.44 bits per heavy atom. The smallest absolute Gasteiger partial charge is 0.247 e. The van der Waals surface area contributed by atoms with Crippen molar-refractivity contribution in [2.45, 2.75) is 32.2 Å². The van der Waals surface area contributed by atoms with Crippen LogP contribution in [0, 0.1) is 0 Å². The highest BCUT2D eigenvalue weighted by atomic mass is 35.5. The fourth-order valence-electron chi connectivity index (χ4n) is 2.00. The molecule has 1 aliphatic rings. The SMILES string of the molecule is CN1CCN(C(=O)CCCCl)C(C)(C)C1=O. The van der Waals surface area contributed by atoms with Gasteiger partial charge in [0.1, 0.15) is 5.54 Å². The van der Waals surface area contributed by atoms with E-state index in [0.29, 0.717) is 31.8 Å². The Labute approximate surface area is 102 Å². The van der Waals surface area contributed by atoms with Crippen LogP contribution < -0.4 is 0 Å². The summed E-state index contributed by atoms with van der Waals surface area (Å²) in [5, 5.41) is 0. The summed E-state index contributed by atoms with van der Waals surface area (Å²) in [4.78, 5) is 27.2. The first kappa shape index (κ1) is 13.3. The molecule has 0 radical (unpaired) electrons. The molecule has 0 atom stereocenters. The van der Waals surface area contributed by atoms with Crippen LogP contribution in [0.4, 0.5) is 0 Å². The van der Waals surface area contributed by atoms with E-state index in [1.165, 1.54) is 0 Å². The number of hydrogen-bond donors (Lipinski definition) is 0. The van der Waals surface area contributed by atoms with Gasteiger partial charge in [0.15, 0.2) is 0 Å². The zero-order valence-electron chi connectivity index (χ0n) is 10.1. The van der Waals surface area contributed by atoms with E-state index in [9.17, 15) is 9.59 Å². The number of nitrogens with zero attached hydrogens (tertiary/aromatic N) is 2. The normalized spacial score (nSPS) is 20.1. The fraction of sp³-hybridized carbons (Fsp3) is 0.818. The van der Waals surface area contributed by atoms with E-state index >= 15 is 0 Å². The highest BCUT2D eigenvalue weighted by Gasteiger charge is 2.42. The Balaban J connectivity index is 2.73. The maximum Gasteiger partial charge on any atom is 0.247 e. The number of rotatable bonds is 3. The van der Waals surface area contributed by atoms with Crippen LogP contribution in [0.25, 0.3) is 0 Å². The molecule has 0 N–H and O–H groups in total.